The summed E-state index contributed by atoms with van der Waals surface area (Å²) < 4.78 is 0. The number of aldehydes is 1. The van der Waals surface area contributed by atoms with Gasteiger partial charge in [0.25, 0.3) is 0 Å². The molecular weight excluding hydrogens is 266 g/mol. The molecule has 0 radical (unpaired) electrons. The number of hydrogen-bond donors (Lipinski definition) is 0. The fourth-order valence-electron chi connectivity index (χ4n) is 2.08. The molecule has 0 fully saturated rings. The smallest absolute Gasteiger partial charge is 0.322 e. The lowest BCUT2D eigenvalue weighted by atomic mass is 10.1. The highest BCUT2D eigenvalue weighted by Gasteiger charge is 2.23. The van der Waals surface area contributed by atoms with Crippen LogP contribution >= 0.6 is 0 Å². The van der Waals surface area contributed by atoms with Gasteiger partial charge in [-0.2, -0.15) is 0 Å². The molecule has 0 aliphatic carbocycles. The maximum atomic E-state index is 11.5. The van der Waals surface area contributed by atoms with Crippen LogP contribution in [0.3, 0.4) is 0 Å². The Bertz CT molecular complexity index is 583. The first-order valence-corrected chi connectivity index (χ1v) is 6.70. The summed E-state index contributed by atoms with van der Waals surface area (Å²) in [5, 5.41) is 1.40. The van der Waals surface area contributed by atoms with E-state index >= 15 is 0 Å². The first kappa shape index (κ1) is 14.9. The van der Waals surface area contributed by atoms with E-state index in [4.69, 9.17) is 4.84 Å². The van der Waals surface area contributed by atoms with Gasteiger partial charge in [0, 0.05) is 6.92 Å². The quantitative estimate of drug-likeness (QED) is 0.604. The van der Waals surface area contributed by atoms with E-state index in [9.17, 15) is 9.59 Å². The van der Waals surface area contributed by atoms with Crippen molar-refractivity contribution in [1.29, 1.82) is 0 Å². The van der Waals surface area contributed by atoms with Gasteiger partial charge in [0.05, 0.1) is 6.54 Å². The van der Waals surface area contributed by atoms with Crippen molar-refractivity contribution in [3.63, 3.8) is 0 Å². The lowest BCUT2D eigenvalue weighted by Crippen LogP contribution is -2.31. The number of hydroxylamine groups is 2. The monoisotopic (exact) mass is 283 g/mol. The van der Waals surface area contributed by atoms with Gasteiger partial charge in [-0.3, -0.25) is 4.79 Å². The summed E-state index contributed by atoms with van der Waals surface area (Å²) in [6, 6.07) is 18.2. The van der Waals surface area contributed by atoms with E-state index in [0.717, 1.165) is 17.4 Å². The predicted octanol–water partition coefficient (Wildman–Crippen LogP) is 2.91. The maximum Gasteiger partial charge on any atom is 0.322 e. The second-order valence-corrected chi connectivity index (χ2v) is 4.64. The van der Waals surface area contributed by atoms with E-state index in [1.54, 1.807) is 0 Å². The molecule has 2 aromatic rings. The number of rotatable bonds is 6. The van der Waals surface area contributed by atoms with Crippen molar-refractivity contribution >= 4 is 12.3 Å². The molecule has 0 saturated heterocycles. The van der Waals surface area contributed by atoms with Gasteiger partial charge in [-0.1, -0.05) is 60.7 Å². The van der Waals surface area contributed by atoms with Gasteiger partial charge < -0.3 is 9.63 Å². The van der Waals surface area contributed by atoms with E-state index in [-0.39, 0.29) is 0 Å². The minimum Gasteiger partial charge on any atom is -0.367 e. The van der Waals surface area contributed by atoms with Gasteiger partial charge >= 0.3 is 5.97 Å². The van der Waals surface area contributed by atoms with Crippen LogP contribution in [0.2, 0.25) is 0 Å². The maximum absolute atomic E-state index is 11.5. The molecule has 0 N–H and O–H groups in total. The Balaban J connectivity index is 2.25. The van der Waals surface area contributed by atoms with Crippen LogP contribution in [0.4, 0.5) is 0 Å². The standard InChI is InChI=1S/C17H17NO3/c1-14(20)21-18(12-15-8-4-2-5-9-15)17(13-19)16-10-6-3-7-11-16/h2-11,13,17H,12H2,1H3/t17-/m1/s1. The first-order valence-electron chi connectivity index (χ1n) is 6.70. The fourth-order valence-corrected chi connectivity index (χ4v) is 2.08. The lowest BCUT2D eigenvalue weighted by Gasteiger charge is -2.26. The molecule has 0 saturated carbocycles. The highest BCUT2D eigenvalue weighted by molar-refractivity contribution is 5.66. The highest BCUT2D eigenvalue weighted by atomic mass is 16.7. The molecule has 4 heteroatoms. The zero-order valence-electron chi connectivity index (χ0n) is 11.8. The summed E-state index contributed by atoms with van der Waals surface area (Å²) in [6.45, 7) is 1.67. The molecule has 0 spiro atoms. The molecule has 0 aliphatic rings. The molecule has 2 rings (SSSR count). The van der Waals surface area contributed by atoms with Crippen molar-refractivity contribution in [3.8, 4) is 0 Å². The number of carbonyl (C=O) groups excluding carboxylic acids is 2. The Morgan fingerprint density at radius 3 is 2.19 bits per heavy atom. The van der Waals surface area contributed by atoms with Gasteiger partial charge in [0.15, 0.2) is 0 Å². The normalized spacial score (nSPS) is 11.9. The minimum atomic E-state index is -0.629. The van der Waals surface area contributed by atoms with Gasteiger partial charge in [-0.05, 0) is 11.1 Å². The third-order valence-corrected chi connectivity index (χ3v) is 3.01. The Hall–Kier alpha value is -2.46. The highest BCUT2D eigenvalue weighted by Crippen LogP contribution is 2.21. The fraction of sp³-hybridized carbons (Fsp3) is 0.176. The molecule has 0 bridgehead atoms. The number of nitrogens with zero attached hydrogens (tertiary/aromatic N) is 1. The number of benzene rings is 2. The van der Waals surface area contributed by atoms with E-state index in [2.05, 4.69) is 0 Å². The molecule has 1 atom stereocenters. The van der Waals surface area contributed by atoms with Gasteiger partial charge in [-0.15, -0.1) is 5.06 Å². The summed E-state index contributed by atoms with van der Waals surface area (Å²) in [7, 11) is 0. The van der Waals surface area contributed by atoms with Crippen LogP contribution in [0.15, 0.2) is 60.7 Å². The van der Waals surface area contributed by atoms with Crippen molar-refractivity contribution in [2.45, 2.75) is 19.5 Å². The molecule has 2 aromatic carbocycles. The summed E-state index contributed by atoms with van der Waals surface area (Å²) in [5.74, 6) is -0.450. The average molecular weight is 283 g/mol. The first-order chi connectivity index (χ1) is 10.2. The predicted molar refractivity (Wildman–Crippen MR) is 79.0 cm³/mol. The molecule has 108 valence electrons. The molecule has 0 amide bonds. The Morgan fingerprint density at radius 1 is 1.10 bits per heavy atom. The van der Waals surface area contributed by atoms with Crippen LogP contribution in [-0.2, 0) is 21.0 Å². The van der Waals surface area contributed by atoms with Crippen LogP contribution in [0.1, 0.15) is 24.1 Å². The zero-order chi connectivity index (χ0) is 15.1. The second kappa shape index (κ2) is 7.36. The van der Waals surface area contributed by atoms with E-state index in [0.29, 0.717) is 6.54 Å². The molecule has 0 aliphatic heterocycles. The van der Waals surface area contributed by atoms with Gasteiger partial charge in [-0.25, -0.2) is 0 Å². The lowest BCUT2D eigenvalue weighted by molar-refractivity contribution is -0.202. The van der Waals surface area contributed by atoms with Crippen LogP contribution in [0.25, 0.3) is 0 Å². The second-order valence-electron chi connectivity index (χ2n) is 4.64. The van der Waals surface area contributed by atoms with Gasteiger partial charge in [0.1, 0.15) is 12.3 Å². The van der Waals surface area contributed by atoms with E-state index in [1.165, 1.54) is 12.0 Å². The largest absolute Gasteiger partial charge is 0.367 e. The molecule has 21 heavy (non-hydrogen) atoms. The molecular formula is C17H17NO3. The van der Waals surface area contributed by atoms with E-state index in [1.807, 2.05) is 60.7 Å². The number of carbonyl (C=O) groups is 2. The average Bonchev–Trinajstić information content (AvgIpc) is 2.49. The van der Waals surface area contributed by atoms with Crippen molar-refractivity contribution in [1.82, 2.24) is 5.06 Å². The summed E-state index contributed by atoms with van der Waals surface area (Å²) in [4.78, 5) is 28.0. The van der Waals surface area contributed by atoms with Gasteiger partial charge in [0.2, 0.25) is 0 Å². The van der Waals surface area contributed by atoms with Crippen LogP contribution in [0, 0.1) is 0 Å². The minimum absolute atomic E-state index is 0.346. The topological polar surface area (TPSA) is 46.6 Å². The molecule has 0 unspecified atom stereocenters. The van der Waals surface area contributed by atoms with Crippen molar-refractivity contribution in [2.24, 2.45) is 0 Å². The summed E-state index contributed by atoms with van der Waals surface area (Å²) >= 11 is 0. The van der Waals surface area contributed by atoms with Crippen molar-refractivity contribution in [2.75, 3.05) is 0 Å². The van der Waals surface area contributed by atoms with Crippen LogP contribution in [-0.4, -0.2) is 17.3 Å². The molecule has 0 aromatic heterocycles. The number of hydrogen-bond acceptors (Lipinski definition) is 4. The zero-order valence-corrected chi connectivity index (χ0v) is 11.8. The van der Waals surface area contributed by atoms with Crippen LogP contribution < -0.4 is 0 Å². The SMILES string of the molecule is CC(=O)ON(Cc1ccccc1)[C@H](C=O)c1ccccc1. The Labute approximate surface area is 123 Å². The Kier molecular flexibility index (Phi) is 5.23. The third kappa shape index (κ3) is 4.26. The van der Waals surface area contributed by atoms with Crippen molar-refractivity contribution in [3.05, 3.63) is 71.8 Å². The van der Waals surface area contributed by atoms with Crippen LogP contribution in [0.5, 0.6) is 0 Å². The van der Waals surface area contributed by atoms with E-state index < -0.39 is 12.0 Å². The van der Waals surface area contributed by atoms with Crippen molar-refractivity contribution < 1.29 is 14.4 Å². The molecule has 0 heterocycles. The Morgan fingerprint density at radius 2 is 1.67 bits per heavy atom. The summed E-state index contributed by atoms with van der Waals surface area (Å²) in [5.41, 5.74) is 1.74. The summed E-state index contributed by atoms with van der Waals surface area (Å²) in [6.07, 6.45) is 0.779. The molecule has 4 nitrogen and oxygen atoms in total. The third-order valence-electron chi connectivity index (χ3n) is 3.01.